The summed E-state index contributed by atoms with van der Waals surface area (Å²) in [6, 6.07) is 33.1. The molecule has 2 heterocycles. The zero-order valence-electron chi connectivity index (χ0n) is 20.0. The summed E-state index contributed by atoms with van der Waals surface area (Å²) < 4.78 is 5.84. The van der Waals surface area contributed by atoms with Crippen LogP contribution in [-0.2, 0) is 0 Å². The molecule has 0 atom stereocenters. The van der Waals surface area contributed by atoms with Crippen molar-refractivity contribution < 1.29 is 4.42 Å². The number of nitrogens with zero attached hydrogens (tertiary/aromatic N) is 1. The molecule has 0 spiro atoms. The zero-order chi connectivity index (χ0) is 23.4. The lowest BCUT2D eigenvalue weighted by atomic mass is 10.0. The van der Waals surface area contributed by atoms with Gasteiger partial charge in [0.2, 0.25) is 0 Å². The number of aryl methyl sites for hydroxylation is 4. The minimum Gasteiger partial charge on any atom is -0.456 e. The summed E-state index contributed by atoms with van der Waals surface area (Å²) in [4.78, 5) is 2.36. The van der Waals surface area contributed by atoms with Crippen LogP contribution in [0.15, 0.2) is 95.4 Å². The van der Waals surface area contributed by atoms with Crippen LogP contribution in [0.4, 0.5) is 17.1 Å². The number of fused-ring (bicyclic) bond motifs is 5. The number of hydrogen-bond donors (Lipinski definition) is 0. The highest BCUT2D eigenvalue weighted by atomic mass is 16.3. The Kier molecular flexibility index (Phi) is 4.70. The van der Waals surface area contributed by atoms with Crippen LogP contribution in [-0.4, -0.2) is 0 Å². The number of benzene rings is 5. The lowest BCUT2D eigenvalue weighted by molar-refractivity contribution is 0.679. The molecular formula is C32H27NO. The first kappa shape index (κ1) is 20.6. The van der Waals surface area contributed by atoms with Gasteiger partial charge >= 0.3 is 0 Å². The van der Waals surface area contributed by atoms with E-state index >= 15 is 0 Å². The van der Waals surface area contributed by atoms with Crippen LogP contribution in [0.1, 0.15) is 22.3 Å². The van der Waals surface area contributed by atoms with Gasteiger partial charge in [0.15, 0.2) is 0 Å². The van der Waals surface area contributed by atoms with Crippen molar-refractivity contribution in [2.75, 3.05) is 4.90 Å². The molecule has 2 aromatic heterocycles. The third kappa shape index (κ3) is 3.52. The molecule has 0 saturated carbocycles. The normalized spacial score (nSPS) is 11.5. The van der Waals surface area contributed by atoms with E-state index in [0.717, 1.165) is 16.9 Å². The number of rotatable bonds is 4. The summed E-state index contributed by atoms with van der Waals surface area (Å²) in [5.74, 6) is 0. The van der Waals surface area contributed by atoms with E-state index in [9.17, 15) is 0 Å². The van der Waals surface area contributed by atoms with Gasteiger partial charge in [-0.15, -0.1) is 0 Å². The molecule has 0 N–H and O–H groups in total. The molecule has 0 aliphatic carbocycles. The van der Waals surface area contributed by atoms with E-state index in [-0.39, 0.29) is 0 Å². The largest absolute Gasteiger partial charge is 0.456 e. The van der Waals surface area contributed by atoms with Gasteiger partial charge in [-0.1, -0.05) is 30.3 Å². The Morgan fingerprint density at radius 3 is 1.50 bits per heavy atom. The molecule has 0 saturated heterocycles. The average Bonchev–Trinajstić information content (AvgIpc) is 3.41. The fourth-order valence-corrected chi connectivity index (χ4v) is 5.18. The predicted octanol–water partition coefficient (Wildman–Crippen LogP) is 9.39. The van der Waals surface area contributed by atoms with Crippen LogP contribution < -0.4 is 4.90 Å². The molecule has 0 unspecified atom stereocenters. The SMILES string of the molecule is Cc1cc(C)cc(N(c2ccc(-c3ccc4c5ccc(o5)c4c3)cc2)c2cc(C)cc(C)c2)c1. The van der Waals surface area contributed by atoms with E-state index in [1.807, 2.05) is 6.07 Å². The first-order valence-electron chi connectivity index (χ1n) is 11.8. The molecule has 0 fully saturated rings. The quantitative estimate of drug-likeness (QED) is 0.271. The van der Waals surface area contributed by atoms with Gasteiger partial charge in [-0.3, -0.25) is 0 Å². The number of furan rings is 2. The van der Waals surface area contributed by atoms with E-state index in [2.05, 4.69) is 118 Å². The molecule has 2 bridgehead atoms. The van der Waals surface area contributed by atoms with Crippen molar-refractivity contribution in [3.8, 4) is 11.1 Å². The Labute approximate surface area is 200 Å². The first-order chi connectivity index (χ1) is 16.4. The molecule has 4 aromatic carbocycles. The number of anilines is 3. The highest BCUT2D eigenvalue weighted by molar-refractivity contribution is 6.08. The summed E-state index contributed by atoms with van der Waals surface area (Å²) in [6.07, 6.45) is 0. The maximum atomic E-state index is 5.84. The van der Waals surface area contributed by atoms with Crippen molar-refractivity contribution in [3.05, 3.63) is 113 Å². The summed E-state index contributed by atoms with van der Waals surface area (Å²) in [7, 11) is 0. The monoisotopic (exact) mass is 441 g/mol. The molecule has 6 aromatic rings. The second-order valence-corrected chi connectivity index (χ2v) is 9.50. The topological polar surface area (TPSA) is 16.4 Å². The summed E-state index contributed by atoms with van der Waals surface area (Å²) in [6.45, 7) is 8.65. The third-order valence-electron chi connectivity index (χ3n) is 6.54. The van der Waals surface area contributed by atoms with Crippen molar-refractivity contribution in [2.24, 2.45) is 0 Å². The fraction of sp³-hybridized carbons (Fsp3) is 0.125. The molecule has 34 heavy (non-hydrogen) atoms. The zero-order valence-corrected chi connectivity index (χ0v) is 20.0. The molecule has 0 aliphatic heterocycles. The van der Waals surface area contributed by atoms with Crippen molar-refractivity contribution in [3.63, 3.8) is 0 Å². The lowest BCUT2D eigenvalue weighted by Gasteiger charge is -2.27. The fourth-order valence-electron chi connectivity index (χ4n) is 5.18. The summed E-state index contributed by atoms with van der Waals surface area (Å²) in [5, 5.41) is 2.37. The Balaban J connectivity index is 1.44. The van der Waals surface area contributed by atoms with Crippen molar-refractivity contribution >= 4 is 39.0 Å². The minimum atomic E-state index is 0.958. The minimum absolute atomic E-state index is 0.958. The van der Waals surface area contributed by atoms with Crippen LogP contribution in [0, 0.1) is 27.7 Å². The molecule has 166 valence electrons. The second kappa shape index (κ2) is 7.78. The molecule has 0 amide bonds. The van der Waals surface area contributed by atoms with Gasteiger partial charge in [0.25, 0.3) is 0 Å². The first-order valence-corrected chi connectivity index (χ1v) is 11.8. The smallest absolute Gasteiger partial charge is 0.135 e. The molecule has 0 aliphatic rings. The highest BCUT2D eigenvalue weighted by Crippen LogP contribution is 2.38. The Morgan fingerprint density at radius 1 is 0.441 bits per heavy atom. The van der Waals surface area contributed by atoms with Crippen LogP contribution in [0.2, 0.25) is 0 Å². The Morgan fingerprint density at radius 2 is 0.941 bits per heavy atom. The lowest BCUT2D eigenvalue weighted by Crippen LogP contribution is -2.11. The van der Waals surface area contributed by atoms with Gasteiger partial charge in [-0.2, -0.15) is 0 Å². The van der Waals surface area contributed by atoms with Gasteiger partial charge in [0.05, 0.1) is 0 Å². The van der Waals surface area contributed by atoms with Gasteiger partial charge in [-0.05, 0) is 122 Å². The summed E-state index contributed by atoms with van der Waals surface area (Å²) in [5.41, 5.74) is 12.9. The van der Waals surface area contributed by atoms with E-state index in [4.69, 9.17) is 4.42 Å². The van der Waals surface area contributed by atoms with Gasteiger partial charge in [0.1, 0.15) is 11.2 Å². The van der Waals surface area contributed by atoms with Crippen molar-refractivity contribution in [1.82, 2.24) is 0 Å². The van der Waals surface area contributed by atoms with E-state index in [1.165, 1.54) is 55.5 Å². The van der Waals surface area contributed by atoms with Gasteiger partial charge < -0.3 is 9.32 Å². The van der Waals surface area contributed by atoms with Crippen LogP contribution in [0.3, 0.4) is 0 Å². The highest BCUT2D eigenvalue weighted by Gasteiger charge is 2.15. The maximum Gasteiger partial charge on any atom is 0.135 e. The third-order valence-corrected chi connectivity index (χ3v) is 6.54. The molecular weight excluding hydrogens is 414 g/mol. The standard InChI is InChI=1S/C32H27NO/c1-20-13-21(2)16-27(15-20)33(28-17-22(3)14-23(4)18-28)26-8-5-24(6-9-26)25-7-10-29-30(19-25)32-12-11-31(29)34-32/h5-19H,1-4H3. The van der Waals surface area contributed by atoms with E-state index < -0.39 is 0 Å². The van der Waals surface area contributed by atoms with Crippen LogP contribution in [0.25, 0.3) is 33.1 Å². The maximum absolute atomic E-state index is 5.84. The molecule has 2 nitrogen and oxygen atoms in total. The number of hydrogen-bond acceptors (Lipinski definition) is 2. The van der Waals surface area contributed by atoms with Crippen LogP contribution in [0.5, 0.6) is 0 Å². The van der Waals surface area contributed by atoms with E-state index in [1.54, 1.807) is 0 Å². The molecule has 2 heteroatoms. The van der Waals surface area contributed by atoms with Crippen LogP contribution >= 0.6 is 0 Å². The second-order valence-electron chi connectivity index (χ2n) is 9.50. The molecule has 0 radical (unpaired) electrons. The molecule has 6 rings (SSSR count). The summed E-state index contributed by atoms with van der Waals surface area (Å²) >= 11 is 0. The predicted molar refractivity (Wildman–Crippen MR) is 144 cm³/mol. The van der Waals surface area contributed by atoms with Gasteiger partial charge in [-0.25, -0.2) is 0 Å². The van der Waals surface area contributed by atoms with E-state index in [0.29, 0.717) is 0 Å². The average molecular weight is 442 g/mol. The van der Waals surface area contributed by atoms with Crippen molar-refractivity contribution in [1.29, 1.82) is 0 Å². The van der Waals surface area contributed by atoms with Crippen molar-refractivity contribution in [2.45, 2.75) is 27.7 Å². The Bertz CT molecular complexity index is 1550. The van der Waals surface area contributed by atoms with Gasteiger partial charge in [0, 0.05) is 27.8 Å². The Hall–Kier alpha value is -4.04.